The topological polar surface area (TPSA) is 79.0 Å². The van der Waals surface area contributed by atoms with Crippen LogP contribution in [0.1, 0.15) is 27.2 Å². The molecule has 2 unspecified atom stereocenters. The lowest BCUT2D eigenvalue weighted by atomic mass is 9.81. The number of likely N-dealkylation sites (N-methyl/N-ethyl adjacent to an activating group) is 1. The number of nitrogens with one attached hydrogen (secondary N) is 1. The molecule has 10 heteroatoms. The summed E-state index contributed by atoms with van der Waals surface area (Å²) in [6.07, 6.45) is 1.38. The molecule has 1 fully saturated rings. The molecule has 2 heterocycles. The second kappa shape index (κ2) is 8.48. The van der Waals surface area contributed by atoms with Crippen LogP contribution in [0.2, 0.25) is 0 Å². The maximum atomic E-state index is 13.4. The SMILES string of the molecule is C/C=C/C1=C(NCCCN2C(=O)N(C)C(C)(C)C2=O)C=CC2C(C(F)(F)F)=CC(=O)OC12. The Hall–Kier alpha value is -3.04. The molecule has 0 aromatic rings. The Morgan fingerprint density at radius 2 is 1.94 bits per heavy atom. The average molecular weight is 453 g/mol. The number of fused-ring (bicyclic) bond motifs is 1. The molecule has 0 aromatic carbocycles. The van der Waals surface area contributed by atoms with Crippen molar-refractivity contribution in [2.75, 3.05) is 20.1 Å². The fourth-order valence-electron chi connectivity index (χ4n) is 3.96. The fourth-order valence-corrected chi connectivity index (χ4v) is 3.96. The molecule has 0 spiro atoms. The van der Waals surface area contributed by atoms with E-state index in [9.17, 15) is 27.6 Å². The Bertz CT molecular complexity index is 947. The number of halogens is 3. The van der Waals surface area contributed by atoms with Gasteiger partial charge in [0.15, 0.2) is 0 Å². The molecule has 7 nitrogen and oxygen atoms in total. The van der Waals surface area contributed by atoms with Crippen molar-refractivity contribution in [1.82, 2.24) is 15.1 Å². The van der Waals surface area contributed by atoms with E-state index < -0.39 is 35.3 Å². The normalized spacial score (nSPS) is 25.5. The van der Waals surface area contributed by atoms with Gasteiger partial charge in [-0.25, -0.2) is 9.59 Å². The second-order valence-electron chi connectivity index (χ2n) is 8.35. The van der Waals surface area contributed by atoms with Gasteiger partial charge in [0.2, 0.25) is 0 Å². The minimum absolute atomic E-state index is 0.205. The summed E-state index contributed by atoms with van der Waals surface area (Å²) in [4.78, 5) is 39.1. The van der Waals surface area contributed by atoms with Crippen LogP contribution < -0.4 is 5.32 Å². The predicted molar refractivity (Wildman–Crippen MR) is 110 cm³/mol. The molecule has 0 radical (unpaired) electrons. The van der Waals surface area contributed by atoms with Crippen LogP contribution in [-0.4, -0.2) is 65.7 Å². The summed E-state index contributed by atoms with van der Waals surface area (Å²) in [5.41, 5.74) is -0.884. The number of carbonyl (C=O) groups excluding carboxylic acids is 3. The molecule has 1 aliphatic carbocycles. The highest BCUT2D eigenvalue weighted by molar-refractivity contribution is 6.06. The van der Waals surface area contributed by atoms with Gasteiger partial charge >= 0.3 is 18.2 Å². The number of esters is 1. The molecular weight excluding hydrogens is 427 g/mol. The summed E-state index contributed by atoms with van der Waals surface area (Å²) in [6.45, 7) is 5.63. The molecule has 3 rings (SSSR count). The van der Waals surface area contributed by atoms with Crippen molar-refractivity contribution in [3.63, 3.8) is 0 Å². The van der Waals surface area contributed by atoms with Crippen LogP contribution >= 0.6 is 0 Å². The highest BCUT2D eigenvalue weighted by atomic mass is 19.4. The number of hydrogen-bond acceptors (Lipinski definition) is 5. The maximum Gasteiger partial charge on any atom is 0.413 e. The van der Waals surface area contributed by atoms with Gasteiger partial charge in [0.05, 0.1) is 5.57 Å². The van der Waals surface area contributed by atoms with Gasteiger partial charge in [0.25, 0.3) is 5.91 Å². The zero-order chi connectivity index (χ0) is 23.8. The zero-order valence-electron chi connectivity index (χ0n) is 18.3. The number of rotatable bonds is 6. The van der Waals surface area contributed by atoms with E-state index in [1.807, 2.05) is 0 Å². The molecule has 1 saturated heterocycles. The van der Waals surface area contributed by atoms with E-state index in [0.717, 1.165) is 0 Å². The number of ether oxygens (including phenoxy) is 1. The Kier molecular flexibility index (Phi) is 6.26. The lowest BCUT2D eigenvalue weighted by Gasteiger charge is -2.35. The van der Waals surface area contributed by atoms with Crippen LogP contribution in [0.4, 0.5) is 18.0 Å². The van der Waals surface area contributed by atoms with Crippen LogP contribution in [0.15, 0.2) is 47.2 Å². The van der Waals surface area contributed by atoms with Crippen molar-refractivity contribution in [3.05, 3.63) is 47.2 Å². The van der Waals surface area contributed by atoms with Crippen LogP contribution in [0.3, 0.4) is 0 Å². The van der Waals surface area contributed by atoms with E-state index in [1.54, 1.807) is 40.0 Å². The maximum absolute atomic E-state index is 13.4. The Balaban J connectivity index is 1.71. The molecule has 1 N–H and O–H groups in total. The molecule has 3 amide bonds. The molecule has 3 aliphatic rings. The number of hydrogen-bond donors (Lipinski definition) is 1. The molecule has 174 valence electrons. The first-order chi connectivity index (χ1) is 14.9. The number of imide groups is 1. The number of alkyl halides is 3. The van der Waals surface area contributed by atoms with Gasteiger partial charge in [-0.1, -0.05) is 18.2 Å². The minimum atomic E-state index is -4.64. The summed E-state index contributed by atoms with van der Waals surface area (Å²) in [6, 6.07) is -0.366. The summed E-state index contributed by atoms with van der Waals surface area (Å²) in [5, 5.41) is 3.13. The van der Waals surface area contributed by atoms with Crippen molar-refractivity contribution in [2.24, 2.45) is 5.92 Å². The molecular formula is C22H26F3N3O4. The molecule has 2 aliphatic heterocycles. The highest BCUT2D eigenvalue weighted by Gasteiger charge is 2.49. The van der Waals surface area contributed by atoms with Crippen molar-refractivity contribution in [3.8, 4) is 0 Å². The summed E-state index contributed by atoms with van der Waals surface area (Å²) in [7, 11) is 1.57. The van der Waals surface area contributed by atoms with Gasteiger partial charge in [0, 0.05) is 43.4 Å². The van der Waals surface area contributed by atoms with Gasteiger partial charge in [-0.3, -0.25) is 9.69 Å². The molecule has 0 saturated carbocycles. The molecule has 0 aromatic heterocycles. The Morgan fingerprint density at radius 1 is 1.25 bits per heavy atom. The monoisotopic (exact) mass is 453 g/mol. The molecule has 0 bridgehead atoms. The predicted octanol–water partition coefficient (Wildman–Crippen LogP) is 3.07. The second-order valence-corrected chi connectivity index (χ2v) is 8.35. The number of amides is 3. The summed E-state index contributed by atoms with van der Waals surface area (Å²) < 4.78 is 45.5. The first kappa shape index (κ1) is 23.6. The number of nitrogens with zero attached hydrogens (tertiary/aromatic N) is 2. The van der Waals surface area contributed by atoms with Crippen LogP contribution in [-0.2, 0) is 14.3 Å². The number of urea groups is 1. The number of carbonyl (C=O) groups is 3. The summed E-state index contributed by atoms with van der Waals surface area (Å²) in [5.74, 6) is -2.44. The number of allylic oxidation sites excluding steroid dienone is 2. The third-order valence-corrected chi connectivity index (χ3v) is 5.96. The van der Waals surface area contributed by atoms with Crippen molar-refractivity contribution in [2.45, 2.75) is 45.0 Å². The quantitative estimate of drug-likeness (QED) is 0.380. The van der Waals surface area contributed by atoms with Crippen LogP contribution in [0, 0.1) is 5.92 Å². The van der Waals surface area contributed by atoms with E-state index in [0.29, 0.717) is 30.3 Å². The van der Waals surface area contributed by atoms with Crippen molar-refractivity contribution < 1.29 is 32.3 Å². The zero-order valence-corrected chi connectivity index (χ0v) is 18.3. The van der Waals surface area contributed by atoms with Crippen LogP contribution in [0.25, 0.3) is 0 Å². The van der Waals surface area contributed by atoms with E-state index in [1.165, 1.54) is 22.0 Å². The Labute approximate surface area is 184 Å². The Morgan fingerprint density at radius 3 is 2.50 bits per heavy atom. The van der Waals surface area contributed by atoms with Gasteiger partial charge < -0.3 is 15.0 Å². The fraction of sp³-hybridized carbons (Fsp3) is 0.500. The van der Waals surface area contributed by atoms with Gasteiger partial charge in [0.1, 0.15) is 11.6 Å². The lowest BCUT2D eigenvalue weighted by Crippen LogP contribution is -2.41. The van der Waals surface area contributed by atoms with Gasteiger partial charge in [-0.15, -0.1) is 0 Å². The standard InChI is InChI=1S/C22H26F3N3O4/c1-5-7-14-16(9-8-13-15(22(23,24)25)12-17(29)32-18(13)14)26-10-6-11-28-19(30)21(2,3)27(4)20(28)31/h5,7-9,12-13,18,26H,6,10-11H2,1-4H3/b7-5+. The highest BCUT2D eigenvalue weighted by Crippen LogP contribution is 2.42. The first-order valence-corrected chi connectivity index (χ1v) is 10.3. The van der Waals surface area contributed by atoms with E-state index in [-0.39, 0.29) is 18.5 Å². The van der Waals surface area contributed by atoms with E-state index >= 15 is 0 Å². The van der Waals surface area contributed by atoms with Crippen molar-refractivity contribution >= 4 is 17.9 Å². The largest absolute Gasteiger partial charge is 0.453 e. The van der Waals surface area contributed by atoms with Gasteiger partial charge in [-0.05, 0) is 33.3 Å². The third-order valence-electron chi connectivity index (χ3n) is 5.96. The third kappa shape index (κ3) is 4.18. The average Bonchev–Trinajstić information content (AvgIpc) is 2.85. The first-order valence-electron chi connectivity index (χ1n) is 10.3. The van der Waals surface area contributed by atoms with E-state index in [4.69, 9.17) is 4.74 Å². The minimum Gasteiger partial charge on any atom is -0.453 e. The smallest absolute Gasteiger partial charge is 0.413 e. The lowest BCUT2D eigenvalue weighted by molar-refractivity contribution is -0.149. The molecule has 2 atom stereocenters. The summed E-state index contributed by atoms with van der Waals surface area (Å²) >= 11 is 0. The molecule has 32 heavy (non-hydrogen) atoms. The van der Waals surface area contributed by atoms with Crippen LogP contribution in [0.5, 0.6) is 0 Å². The van der Waals surface area contributed by atoms with Crippen molar-refractivity contribution in [1.29, 1.82) is 0 Å². The van der Waals surface area contributed by atoms with E-state index in [2.05, 4.69) is 5.32 Å². The van der Waals surface area contributed by atoms with Gasteiger partial charge in [-0.2, -0.15) is 13.2 Å².